The van der Waals surface area contributed by atoms with Crippen molar-refractivity contribution in [1.29, 1.82) is 0 Å². The van der Waals surface area contributed by atoms with Gasteiger partial charge in [0.2, 0.25) is 15.9 Å². The number of carbonyl (C=O) groups excluding carboxylic acids is 1. The third kappa shape index (κ3) is 5.20. The molecule has 0 aliphatic rings. The summed E-state index contributed by atoms with van der Waals surface area (Å²) in [6, 6.07) is 4.18. The van der Waals surface area contributed by atoms with E-state index < -0.39 is 10.0 Å². The number of hydrogen-bond acceptors (Lipinski definition) is 4. The molecule has 1 atom stereocenters. The van der Waals surface area contributed by atoms with Crippen molar-refractivity contribution in [2.75, 3.05) is 19.0 Å². The monoisotopic (exact) mass is 364 g/mol. The van der Waals surface area contributed by atoms with Gasteiger partial charge in [0.15, 0.2) is 0 Å². The number of benzene rings is 1. The van der Waals surface area contributed by atoms with Crippen molar-refractivity contribution in [2.24, 2.45) is 11.1 Å². The Morgan fingerprint density at radius 1 is 1.50 bits per heavy atom. The number of halogens is 1. The Kier molecular flexibility index (Phi) is 6.12. The van der Waals surface area contributed by atoms with Gasteiger partial charge in [0.1, 0.15) is 0 Å². The van der Waals surface area contributed by atoms with Crippen LogP contribution in [-0.4, -0.2) is 28.0 Å². The van der Waals surface area contributed by atoms with Crippen LogP contribution in [0.15, 0.2) is 27.6 Å². The molecule has 0 radical (unpaired) electrons. The lowest BCUT2D eigenvalue weighted by Crippen LogP contribution is -2.18. The van der Waals surface area contributed by atoms with Crippen LogP contribution in [0, 0.1) is 5.92 Å². The molecule has 1 amide bonds. The van der Waals surface area contributed by atoms with Gasteiger partial charge in [-0.15, -0.1) is 0 Å². The van der Waals surface area contributed by atoms with Crippen molar-refractivity contribution in [3.05, 3.63) is 22.7 Å². The predicted octanol–water partition coefficient (Wildman–Crippen LogP) is 1.71. The third-order valence-corrected chi connectivity index (χ3v) is 4.10. The second-order valence-electron chi connectivity index (χ2n) is 4.50. The molecule has 1 unspecified atom stereocenters. The zero-order valence-electron chi connectivity index (χ0n) is 11.2. The first-order valence-electron chi connectivity index (χ1n) is 5.85. The highest BCUT2D eigenvalue weighted by Gasteiger charge is 2.13. The third-order valence-electron chi connectivity index (χ3n) is 2.53. The van der Waals surface area contributed by atoms with Gasteiger partial charge in [-0.3, -0.25) is 4.79 Å². The minimum absolute atomic E-state index is 0.0184. The van der Waals surface area contributed by atoms with Gasteiger partial charge >= 0.3 is 0 Å². The molecule has 6 nitrogen and oxygen atoms in total. The summed E-state index contributed by atoms with van der Waals surface area (Å²) in [5.41, 5.74) is 0.493. The molecule has 0 heterocycles. The lowest BCUT2D eigenvalue weighted by molar-refractivity contribution is -0.117. The number of anilines is 1. The Hall–Kier alpha value is -0.960. The zero-order valence-corrected chi connectivity index (χ0v) is 13.6. The Bertz CT molecular complexity index is 589. The maximum Gasteiger partial charge on any atom is 0.238 e. The molecular weight excluding hydrogens is 348 g/mol. The van der Waals surface area contributed by atoms with E-state index in [9.17, 15) is 13.2 Å². The van der Waals surface area contributed by atoms with Crippen molar-refractivity contribution in [1.82, 2.24) is 0 Å². The average molecular weight is 365 g/mol. The smallest absolute Gasteiger partial charge is 0.238 e. The molecule has 0 spiro atoms. The molecule has 20 heavy (non-hydrogen) atoms. The van der Waals surface area contributed by atoms with Crippen LogP contribution in [0.1, 0.15) is 13.3 Å². The molecule has 8 heteroatoms. The van der Waals surface area contributed by atoms with Crippen molar-refractivity contribution < 1.29 is 17.9 Å². The minimum atomic E-state index is -3.76. The molecule has 0 aromatic heterocycles. The number of methoxy groups -OCH3 is 1. The van der Waals surface area contributed by atoms with Crippen molar-refractivity contribution in [3.8, 4) is 0 Å². The molecule has 0 saturated carbocycles. The number of sulfonamides is 1. The second kappa shape index (κ2) is 7.16. The van der Waals surface area contributed by atoms with Gasteiger partial charge in [0.05, 0.1) is 10.6 Å². The van der Waals surface area contributed by atoms with Crippen LogP contribution in [-0.2, 0) is 19.6 Å². The van der Waals surface area contributed by atoms with Gasteiger partial charge in [-0.2, -0.15) is 0 Å². The van der Waals surface area contributed by atoms with E-state index >= 15 is 0 Å². The molecule has 0 aliphatic carbocycles. The highest BCUT2D eigenvalue weighted by Crippen LogP contribution is 2.25. The lowest BCUT2D eigenvalue weighted by Gasteiger charge is -2.12. The van der Waals surface area contributed by atoms with Crippen molar-refractivity contribution >= 4 is 37.5 Å². The van der Waals surface area contributed by atoms with Crippen LogP contribution in [0.25, 0.3) is 0 Å². The summed E-state index contributed by atoms with van der Waals surface area (Å²) in [4.78, 5) is 11.8. The van der Waals surface area contributed by atoms with E-state index in [1.165, 1.54) is 18.2 Å². The highest BCUT2D eigenvalue weighted by atomic mass is 79.9. The number of hydrogen-bond donors (Lipinski definition) is 2. The summed E-state index contributed by atoms with van der Waals surface area (Å²) in [7, 11) is -2.18. The first kappa shape index (κ1) is 17.1. The summed E-state index contributed by atoms with van der Waals surface area (Å²) >= 11 is 3.21. The molecule has 0 fully saturated rings. The molecule has 0 saturated heterocycles. The molecule has 112 valence electrons. The van der Waals surface area contributed by atoms with E-state index in [1.807, 2.05) is 6.92 Å². The van der Waals surface area contributed by atoms with E-state index in [2.05, 4.69) is 21.2 Å². The summed E-state index contributed by atoms with van der Waals surface area (Å²) in [6.07, 6.45) is 0.317. The van der Waals surface area contributed by atoms with E-state index in [0.717, 1.165) is 0 Å². The number of rotatable bonds is 6. The van der Waals surface area contributed by atoms with Crippen LogP contribution in [0.5, 0.6) is 0 Å². The number of carbonyl (C=O) groups is 1. The van der Waals surface area contributed by atoms with Gasteiger partial charge < -0.3 is 10.1 Å². The Morgan fingerprint density at radius 3 is 2.65 bits per heavy atom. The van der Waals surface area contributed by atoms with Crippen LogP contribution in [0.2, 0.25) is 0 Å². The number of amides is 1. The average Bonchev–Trinajstić information content (AvgIpc) is 2.30. The van der Waals surface area contributed by atoms with Crippen LogP contribution in [0.4, 0.5) is 5.69 Å². The molecule has 1 rings (SSSR count). The predicted molar refractivity (Wildman–Crippen MR) is 79.8 cm³/mol. The number of nitrogens with two attached hydrogens (primary N) is 1. The maximum absolute atomic E-state index is 11.8. The summed E-state index contributed by atoms with van der Waals surface area (Å²) in [6.45, 7) is 2.40. The standard InChI is InChI=1S/C12H17BrN2O4S/c1-8(7-19-2)5-12(16)15-11-4-3-9(6-10(11)13)20(14,17)18/h3-4,6,8H,5,7H2,1-2H3,(H,15,16)(H2,14,17,18). The molecule has 3 N–H and O–H groups in total. The lowest BCUT2D eigenvalue weighted by atomic mass is 10.1. The van der Waals surface area contributed by atoms with E-state index in [4.69, 9.17) is 9.88 Å². The fourth-order valence-electron chi connectivity index (χ4n) is 1.64. The van der Waals surface area contributed by atoms with Gasteiger partial charge in [-0.25, -0.2) is 13.6 Å². The quantitative estimate of drug-likeness (QED) is 0.802. The van der Waals surface area contributed by atoms with Crippen LogP contribution < -0.4 is 10.5 Å². The number of nitrogens with one attached hydrogen (secondary N) is 1. The van der Waals surface area contributed by atoms with E-state index in [0.29, 0.717) is 23.2 Å². The molecule has 1 aromatic carbocycles. The van der Waals surface area contributed by atoms with Crippen LogP contribution >= 0.6 is 15.9 Å². The molecule has 0 bridgehead atoms. The molecule has 1 aromatic rings. The summed E-state index contributed by atoms with van der Waals surface area (Å²) in [5.74, 6) is -0.0685. The Balaban J connectivity index is 2.77. The first-order valence-corrected chi connectivity index (χ1v) is 8.19. The van der Waals surface area contributed by atoms with E-state index in [-0.39, 0.29) is 16.7 Å². The molecule has 0 aliphatic heterocycles. The number of ether oxygens (including phenoxy) is 1. The van der Waals surface area contributed by atoms with Gasteiger partial charge in [0.25, 0.3) is 0 Å². The first-order chi connectivity index (χ1) is 9.24. The second-order valence-corrected chi connectivity index (χ2v) is 6.92. The highest BCUT2D eigenvalue weighted by molar-refractivity contribution is 9.10. The van der Waals surface area contributed by atoms with Crippen LogP contribution in [0.3, 0.4) is 0 Å². The van der Waals surface area contributed by atoms with Crippen molar-refractivity contribution in [3.63, 3.8) is 0 Å². The topological polar surface area (TPSA) is 98.5 Å². The number of primary sulfonamides is 1. The van der Waals surface area contributed by atoms with Gasteiger partial charge in [0, 0.05) is 24.6 Å². The summed E-state index contributed by atoms with van der Waals surface area (Å²) in [5, 5.41) is 7.73. The largest absolute Gasteiger partial charge is 0.384 e. The Labute approximate surface area is 126 Å². The maximum atomic E-state index is 11.8. The van der Waals surface area contributed by atoms with Crippen molar-refractivity contribution in [2.45, 2.75) is 18.2 Å². The Morgan fingerprint density at radius 2 is 2.15 bits per heavy atom. The van der Waals surface area contributed by atoms with Gasteiger partial charge in [-0.05, 0) is 40.0 Å². The fourth-order valence-corrected chi connectivity index (χ4v) is 2.80. The normalized spacial score (nSPS) is 13.0. The molecular formula is C12H17BrN2O4S. The SMILES string of the molecule is COCC(C)CC(=O)Nc1ccc(S(N)(=O)=O)cc1Br. The zero-order chi connectivity index (χ0) is 15.3. The van der Waals surface area contributed by atoms with Gasteiger partial charge in [-0.1, -0.05) is 6.92 Å². The minimum Gasteiger partial charge on any atom is -0.384 e. The fraction of sp³-hybridized carbons (Fsp3) is 0.417. The summed E-state index contributed by atoms with van der Waals surface area (Å²) < 4.78 is 27.8. The van der Waals surface area contributed by atoms with E-state index in [1.54, 1.807) is 7.11 Å².